The van der Waals surface area contributed by atoms with Crippen molar-refractivity contribution in [1.82, 2.24) is 5.32 Å². The van der Waals surface area contributed by atoms with Crippen LogP contribution in [0.15, 0.2) is 18.2 Å². The molecule has 0 heterocycles. The minimum Gasteiger partial charge on any atom is -0.340 e. The Balaban J connectivity index is 2.53. The second-order valence-electron chi connectivity index (χ2n) is 3.89. The molecule has 0 aliphatic heterocycles. The molecule has 0 fully saturated rings. The Morgan fingerprint density at radius 3 is 2.83 bits per heavy atom. The highest BCUT2D eigenvalue weighted by Gasteiger charge is 2.11. The average molecular weight is 252 g/mol. The van der Waals surface area contributed by atoms with Crippen molar-refractivity contribution in [2.24, 2.45) is 0 Å². The van der Waals surface area contributed by atoms with Gasteiger partial charge < -0.3 is 5.32 Å². The summed E-state index contributed by atoms with van der Waals surface area (Å²) in [6.45, 7) is 1.78. The van der Waals surface area contributed by atoms with Crippen molar-refractivity contribution in [3.63, 3.8) is 0 Å². The highest BCUT2D eigenvalue weighted by atomic mass is 19.1. The zero-order valence-electron chi connectivity index (χ0n) is 10.0. The molecule has 0 aliphatic rings. The van der Waals surface area contributed by atoms with Crippen LogP contribution in [0.5, 0.6) is 0 Å². The third kappa shape index (κ3) is 4.13. The van der Waals surface area contributed by atoms with Crippen LogP contribution in [0.1, 0.15) is 25.3 Å². The fraction of sp³-hybridized carbons (Fsp3) is 0.385. The number of halogens is 2. The van der Waals surface area contributed by atoms with Gasteiger partial charge in [0.15, 0.2) is 0 Å². The SMILES string of the molecule is CC[C@H](C#N)NC(=O)CCc1cc(F)ccc1F. The van der Waals surface area contributed by atoms with Gasteiger partial charge in [0.1, 0.15) is 17.7 Å². The Morgan fingerprint density at radius 1 is 1.50 bits per heavy atom. The van der Waals surface area contributed by atoms with Gasteiger partial charge in [-0.25, -0.2) is 8.78 Å². The predicted octanol–water partition coefficient (Wildman–Crippen LogP) is 2.32. The molecule has 18 heavy (non-hydrogen) atoms. The number of hydrogen-bond acceptors (Lipinski definition) is 2. The quantitative estimate of drug-likeness (QED) is 0.874. The number of nitriles is 1. The maximum atomic E-state index is 13.3. The van der Waals surface area contributed by atoms with Gasteiger partial charge in [-0.2, -0.15) is 5.26 Å². The van der Waals surface area contributed by atoms with Crippen molar-refractivity contribution in [1.29, 1.82) is 5.26 Å². The van der Waals surface area contributed by atoms with E-state index in [0.717, 1.165) is 18.2 Å². The highest BCUT2D eigenvalue weighted by Crippen LogP contribution is 2.11. The van der Waals surface area contributed by atoms with Crippen LogP contribution in [0, 0.1) is 23.0 Å². The molecular formula is C13H14F2N2O. The van der Waals surface area contributed by atoms with Crippen molar-refractivity contribution < 1.29 is 13.6 Å². The average Bonchev–Trinajstić information content (AvgIpc) is 2.37. The van der Waals surface area contributed by atoms with Gasteiger partial charge >= 0.3 is 0 Å². The lowest BCUT2D eigenvalue weighted by Crippen LogP contribution is -2.33. The molecule has 0 radical (unpaired) electrons. The molecule has 1 atom stereocenters. The predicted molar refractivity (Wildman–Crippen MR) is 62.5 cm³/mol. The van der Waals surface area contributed by atoms with E-state index in [1.807, 2.05) is 6.07 Å². The van der Waals surface area contributed by atoms with E-state index in [9.17, 15) is 13.6 Å². The van der Waals surface area contributed by atoms with Crippen molar-refractivity contribution in [3.8, 4) is 6.07 Å². The molecule has 0 aromatic heterocycles. The van der Waals surface area contributed by atoms with E-state index in [1.165, 1.54) is 0 Å². The van der Waals surface area contributed by atoms with Gasteiger partial charge in [0.2, 0.25) is 5.91 Å². The van der Waals surface area contributed by atoms with Crippen LogP contribution in [0.3, 0.4) is 0 Å². The highest BCUT2D eigenvalue weighted by molar-refractivity contribution is 5.76. The zero-order valence-corrected chi connectivity index (χ0v) is 10.0. The Kier molecular flexibility index (Phi) is 5.25. The normalized spacial score (nSPS) is 11.7. The third-order valence-corrected chi connectivity index (χ3v) is 2.53. The maximum absolute atomic E-state index is 13.3. The Hall–Kier alpha value is -1.96. The van der Waals surface area contributed by atoms with E-state index in [2.05, 4.69) is 5.32 Å². The van der Waals surface area contributed by atoms with Crippen LogP contribution in [0.2, 0.25) is 0 Å². The van der Waals surface area contributed by atoms with Gasteiger partial charge in [-0.3, -0.25) is 4.79 Å². The fourth-order valence-corrected chi connectivity index (χ4v) is 1.48. The first-order valence-corrected chi connectivity index (χ1v) is 5.69. The lowest BCUT2D eigenvalue weighted by atomic mass is 10.1. The van der Waals surface area contributed by atoms with Gasteiger partial charge in [0.25, 0.3) is 0 Å². The van der Waals surface area contributed by atoms with Gasteiger partial charge in [-0.05, 0) is 36.6 Å². The van der Waals surface area contributed by atoms with Gasteiger partial charge in [-0.1, -0.05) is 6.92 Å². The summed E-state index contributed by atoms with van der Waals surface area (Å²) in [4.78, 5) is 11.5. The van der Waals surface area contributed by atoms with Crippen molar-refractivity contribution in [3.05, 3.63) is 35.4 Å². The molecule has 0 aliphatic carbocycles. The molecular weight excluding hydrogens is 238 g/mol. The minimum atomic E-state index is -0.533. The number of aryl methyl sites for hydroxylation is 1. The summed E-state index contributed by atoms with van der Waals surface area (Å²) in [5.74, 6) is -1.40. The molecule has 0 spiro atoms. The second kappa shape index (κ2) is 6.70. The Labute approximate surface area is 104 Å². The summed E-state index contributed by atoms with van der Waals surface area (Å²) < 4.78 is 26.1. The van der Waals surface area contributed by atoms with E-state index >= 15 is 0 Å². The van der Waals surface area contributed by atoms with Crippen molar-refractivity contribution in [2.75, 3.05) is 0 Å². The van der Waals surface area contributed by atoms with Crippen molar-refractivity contribution >= 4 is 5.91 Å². The number of carbonyl (C=O) groups is 1. The summed E-state index contributed by atoms with van der Waals surface area (Å²) >= 11 is 0. The summed E-state index contributed by atoms with van der Waals surface area (Å²) in [6.07, 6.45) is 0.645. The Morgan fingerprint density at radius 2 is 2.22 bits per heavy atom. The lowest BCUT2D eigenvalue weighted by Gasteiger charge is -2.09. The van der Waals surface area contributed by atoms with Crippen LogP contribution in [-0.2, 0) is 11.2 Å². The van der Waals surface area contributed by atoms with Gasteiger partial charge in [0, 0.05) is 6.42 Å². The van der Waals surface area contributed by atoms with Crippen molar-refractivity contribution in [2.45, 2.75) is 32.2 Å². The zero-order chi connectivity index (χ0) is 13.5. The van der Waals surface area contributed by atoms with E-state index < -0.39 is 17.7 Å². The second-order valence-corrected chi connectivity index (χ2v) is 3.89. The molecule has 0 saturated carbocycles. The summed E-state index contributed by atoms with van der Waals surface area (Å²) in [5.41, 5.74) is 0.162. The monoisotopic (exact) mass is 252 g/mol. The third-order valence-electron chi connectivity index (χ3n) is 2.53. The molecule has 0 unspecified atom stereocenters. The summed E-state index contributed by atoms with van der Waals surface area (Å²) in [6, 6.07) is 4.54. The number of nitrogens with one attached hydrogen (secondary N) is 1. The standard InChI is InChI=1S/C13H14F2N2O/c1-2-11(8-16)17-13(18)6-3-9-7-10(14)4-5-12(9)15/h4-5,7,11H,2-3,6H2,1H3,(H,17,18)/t11-/m1/s1. The topological polar surface area (TPSA) is 52.9 Å². The van der Waals surface area contributed by atoms with Gasteiger partial charge in [0.05, 0.1) is 6.07 Å². The number of carbonyl (C=O) groups excluding carboxylic acids is 1. The first kappa shape index (κ1) is 14.1. The minimum absolute atomic E-state index is 0.0263. The van der Waals surface area contributed by atoms with Crippen LogP contribution >= 0.6 is 0 Å². The molecule has 0 bridgehead atoms. The largest absolute Gasteiger partial charge is 0.340 e. The number of nitrogens with zero attached hydrogens (tertiary/aromatic N) is 1. The summed E-state index contributed by atoms with van der Waals surface area (Å²) in [5, 5.41) is 11.2. The Bertz CT molecular complexity index is 469. The molecule has 1 rings (SSSR count). The van der Waals surface area contributed by atoms with Crippen LogP contribution in [0.25, 0.3) is 0 Å². The smallest absolute Gasteiger partial charge is 0.221 e. The lowest BCUT2D eigenvalue weighted by molar-refractivity contribution is -0.121. The van der Waals surface area contributed by atoms with Crippen LogP contribution in [-0.4, -0.2) is 11.9 Å². The molecule has 3 nitrogen and oxygen atoms in total. The molecule has 5 heteroatoms. The van der Waals surface area contributed by atoms with Gasteiger partial charge in [-0.15, -0.1) is 0 Å². The molecule has 0 saturated heterocycles. The first-order chi connectivity index (χ1) is 8.56. The summed E-state index contributed by atoms with van der Waals surface area (Å²) in [7, 11) is 0. The fourth-order valence-electron chi connectivity index (χ4n) is 1.48. The molecule has 96 valence electrons. The number of amides is 1. The molecule has 1 amide bonds. The maximum Gasteiger partial charge on any atom is 0.221 e. The van der Waals surface area contributed by atoms with E-state index in [0.29, 0.717) is 6.42 Å². The van der Waals surface area contributed by atoms with Crippen LogP contribution in [0.4, 0.5) is 8.78 Å². The van der Waals surface area contributed by atoms with Crippen LogP contribution < -0.4 is 5.32 Å². The number of rotatable bonds is 5. The first-order valence-electron chi connectivity index (χ1n) is 5.69. The van der Waals surface area contributed by atoms with E-state index in [4.69, 9.17) is 5.26 Å². The number of benzene rings is 1. The number of hydrogen-bond donors (Lipinski definition) is 1. The molecule has 1 aromatic rings. The molecule has 1 N–H and O–H groups in total. The molecule has 1 aromatic carbocycles. The van der Waals surface area contributed by atoms with E-state index in [-0.39, 0.29) is 24.3 Å². The van der Waals surface area contributed by atoms with E-state index in [1.54, 1.807) is 6.92 Å².